The topological polar surface area (TPSA) is 93.6 Å². The summed E-state index contributed by atoms with van der Waals surface area (Å²) in [6.45, 7) is 2.70. The lowest BCUT2D eigenvalue weighted by Crippen LogP contribution is -2.43. The molecule has 0 bridgehead atoms. The van der Waals surface area contributed by atoms with Crippen molar-refractivity contribution in [1.29, 1.82) is 0 Å². The largest absolute Gasteiger partial charge is 0.443 e. The second-order valence-electron chi connectivity index (χ2n) is 4.85. The maximum absolute atomic E-state index is 12.4. The molecule has 0 saturated carbocycles. The second kappa shape index (κ2) is 5.87. The third-order valence-electron chi connectivity index (χ3n) is 3.53. The fourth-order valence-corrected chi connectivity index (χ4v) is 3.99. The van der Waals surface area contributed by atoms with E-state index in [-0.39, 0.29) is 27.3 Å². The van der Waals surface area contributed by atoms with E-state index >= 15 is 0 Å². The minimum absolute atomic E-state index is 0.00116. The van der Waals surface area contributed by atoms with Crippen LogP contribution in [0, 0.1) is 0 Å². The Kier molecular flexibility index (Phi) is 4.55. The summed E-state index contributed by atoms with van der Waals surface area (Å²) in [5.74, 6) is -0.284. The van der Waals surface area contributed by atoms with Crippen LogP contribution < -0.4 is 5.14 Å². The van der Waals surface area contributed by atoms with Gasteiger partial charge >= 0.3 is 0 Å². The third kappa shape index (κ3) is 3.07. The Bertz CT molecular complexity index is 611. The van der Waals surface area contributed by atoms with Crippen molar-refractivity contribution in [3.05, 3.63) is 16.5 Å². The lowest BCUT2D eigenvalue weighted by atomic mass is 10.00. The molecule has 8 heteroatoms. The molecule has 2 N–H and O–H groups in total. The summed E-state index contributed by atoms with van der Waals surface area (Å²) in [6, 6.07) is 1.36. The van der Waals surface area contributed by atoms with E-state index in [4.69, 9.17) is 9.56 Å². The summed E-state index contributed by atoms with van der Waals surface area (Å²) >= 11 is 2.98. The van der Waals surface area contributed by atoms with E-state index in [2.05, 4.69) is 15.9 Å². The quantitative estimate of drug-likeness (QED) is 0.888. The van der Waals surface area contributed by atoms with Crippen molar-refractivity contribution in [3.63, 3.8) is 0 Å². The highest BCUT2D eigenvalue weighted by Gasteiger charge is 2.30. The SMILES string of the molecule is CCC1CCCCN1C(=O)c1cc(S(N)(=O)=O)c(Br)o1. The van der Waals surface area contributed by atoms with Gasteiger partial charge < -0.3 is 9.32 Å². The number of primary sulfonamides is 1. The highest BCUT2D eigenvalue weighted by Crippen LogP contribution is 2.28. The summed E-state index contributed by atoms with van der Waals surface area (Å²) in [5, 5.41) is 5.06. The molecule has 1 fully saturated rings. The van der Waals surface area contributed by atoms with Crippen molar-refractivity contribution in [3.8, 4) is 0 Å². The number of carbonyl (C=O) groups is 1. The molecule has 0 aromatic carbocycles. The molecule has 6 nitrogen and oxygen atoms in total. The molecule has 1 aromatic rings. The predicted octanol–water partition coefficient (Wildman–Crippen LogP) is 2.09. The maximum Gasteiger partial charge on any atom is 0.289 e. The van der Waals surface area contributed by atoms with Gasteiger partial charge in [0, 0.05) is 18.7 Å². The predicted molar refractivity (Wildman–Crippen MR) is 76.7 cm³/mol. The van der Waals surface area contributed by atoms with Crippen LogP contribution in [0.1, 0.15) is 43.2 Å². The van der Waals surface area contributed by atoms with E-state index < -0.39 is 10.0 Å². The third-order valence-corrected chi connectivity index (χ3v) is 5.30. The molecular formula is C12H17BrN2O4S. The van der Waals surface area contributed by atoms with Gasteiger partial charge in [0.05, 0.1) is 0 Å². The normalized spacial score (nSPS) is 20.1. The van der Waals surface area contributed by atoms with E-state index in [1.807, 2.05) is 6.92 Å². The first kappa shape index (κ1) is 15.5. The van der Waals surface area contributed by atoms with Crippen LogP contribution in [0.5, 0.6) is 0 Å². The molecule has 1 aliphatic rings. The van der Waals surface area contributed by atoms with Crippen LogP contribution in [0.25, 0.3) is 0 Å². The van der Waals surface area contributed by atoms with Crippen molar-refractivity contribution < 1.29 is 17.6 Å². The summed E-state index contributed by atoms with van der Waals surface area (Å²) in [4.78, 5) is 14.0. The van der Waals surface area contributed by atoms with Crippen molar-refractivity contribution in [2.45, 2.75) is 43.5 Å². The first-order valence-corrected chi connectivity index (χ1v) is 8.81. The van der Waals surface area contributed by atoms with Gasteiger partial charge in [-0.15, -0.1) is 0 Å². The number of likely N-dealkylation sites (tertiary alicyclic amines) is 1. The molecule has 20 heavy (non-hydrogen) atoms. The van der Waals surface area contributed by atoms with E-state index in [9.17, 15) is 13.2 Å². The molecule has 1 saturated heterocycles. The number of rotatable bonds is 3. The molecule has 0 radical (unpaired) electrons. The fourth-order valence-electron chi connectivity index (χ4n) is 2.49. The van der Waals surface area contributed by atoms with Crippen LogP contribution in [-0.4, -0.2) is 31.8 Å². The standard InChI is InChI=1S/C12H17BrN2O4S/c1-2-8-5-3-4-6-15(8)12(16)9-7-10(11(13)19-9)20(14,17)18/h7-8H,2-6H2,1H3,(H2,14,17,18). The molecule has 1 aliphatic heterocycles. The number of carbonyl (C=O) groups excluding carboxylic acids is 1. The molecule has 1 atom stereocenters. The molecule has 1 amide bonds. The minimum atomic E-state index is -3.91. The number of furan rings is 1. The van der Waals surface area contributed by atoms with E-state index in [1.165, 1.54) is 6.07 Å². The Morgan fingerprint density at radius 1 is 1.55 bits per heavy atom. The number of sulfonamides is 1. The highest BCUT2D eigenvalue weighted by molar-refractivity contribution is 9.10. The van der Waals surface area contributed by atoms with Crippen LogP contribution in [0.3, 0.4) is 0 Å². The molecule has 112 valence electrons. The van der Waals surface area contributed by atoms with E-state index in [1.54, 1.807) is 4.90 Å². The van der Waals surface area contributed by atoms with Crippen LogP contribution in [-0.2, 0) is 10.0 Å². The molecule has 0 spiro atoms. The Morgan fingerprint density at radius 2 is 2.25 bits per heavy atom. The smallest absolute Gasteiger partial charge is 0.289 e. The minimum Gasteiger partial charge on any atom is -0.443 e. The van der Waals surface area contributed by atoms with Gasteiger partial charge in [0.25, 0.3) is 5.91 Å². The molecule has 2 heterocycles. The first-order valence-electron chi connectivity index (χ1n) is 6.47. The summed E-state index contributed by atoms with van der Waals surface area (Å²) < 4.78 is 27.9. The zero-order valence-corrected chi connectivity index (χ0v) is 13.5. The average molecular weight is 365 g/mol. The number of nitrogens with zero attached hydrogens (tertiary/aromatic N) is 1. The second-order valence-corrected chi connectivity index (χ2v) is 7.10. The van der Waals surface area contributed by atoms with E-state index in [0.29, 0.717) is 6.54 Å². The van der Waals surface area contributed by atoms with Gasteiger partial charge in [0.2, 0.25) is 10.0 Å². The van der Waals surface area contributed by atoms with Gasteiger partial charge in [-0.3, -0.25) is 4.79 Å². The summed E-state index contributed by atoms with van der Waals surface area (Å²) in [6.07, 6.45) is 3.89. The van der Waals surface area contributed by atoms with Crippen molar-refractivity contribution >= 4 is 31.9 Å². The van der Waals surface area contributed by atoms with Crippen LogP contribution >= 0.6 is 15.9 Å². The highest BCUT2D eigenvalue weighted by atomic mass is 79.9. The van der Waals surface area contributed by atoms with E-state index in [0.717, 1.165) is 25.7 Å². The van der Waals surface area contributed by atoms with Crippen molar-refractivity contribution in [2.75, 3.05) is 6.54 Å². The number of piperidine rings is 1. The van der Waals surface area contributed by atoms with Gasteiger partial charge in [-0.1, -0.05) is 6.92 Å². The van der Waals surface area contributed by atoms with Crippen LogP contribution in [0.2, 0.25) is 0 Å². The van der Waals surface area contributed by atoms with Gasteiger partial charge in [-0.25, -0.2) is 13.6 Å². The monoisotopic (exact) mass is 364 g/mol. The Hall–Kier alpha value is -0.860. The van der Waals surface area contributed by atoms with Gasteiger partial charge in [-0.05, 0) is 41.6 Å². The maximum atomic E-state index is 12.4. The number of amides is 1. The van der Waals surface area contributed by atoms with Crippen molar-refractivity contribution in [1.82, 2.24) is 4.90 Å². The molecule has 1 aromatic heterocycles. The van der Waals surface area contributed by atoms with Gasteiger partial charge in [0.15, 0.2) is 10.4 Å². The number of nitrogens with two attached hydrogens (primary N) is 1. The Balaban J connectivity index is 2.29. The molecule has 2 rings (SSSR count). The molecule has 1 unspecified atom stereocenters. The van der Waals surface area contributed by atoms with Crippen LogP contribution in [0.4, 0.5) is 0 Å². The lowest BCUT2D eigenvalue weighted by molar-refractivity contribution is 0.0574. The molecule has 0 aliphatic carbocycles. The molecular weight excluding hydrogens is 348 g/mol. The van der Waals surface area contributed by atoms with Gasteiger partial charge in [-0.2, -0.15) is 0 Å². The first-order chi connectivity index (χ1) is 9.34. The lowest BCUT2D eigenvalue weighted by Gasteiger charge is -2.34. The number of halogens is 1. The zero-order valence-electron chi connectivity index (χ0n) is 11.1. The summed E-state index contributed by atoms with van der Waals surface area (Å²) in [7, 11) is -3.91. The number of hydrogen-bond acceptors (Lipinski definition) is 4. The Labute approximate surface area is 126 Å². The van der Waals surface area contributed by atoms with Gasteiger partial charge in [0.1, 0.15) is 4.90 Å². The zero-order chi connectivity index (χ0) is 14.9. The summed E-state index contributed by atoms with van der Waals surface area (Å²) in [5.41, 5.74) is 0. The fraction of sp³-hybridized carbons (Fsp3) is 0.583. The number of hydrogen-bond donors (Lipinski definition) is 1. The average Bonchev–Trinajstić information content (AvgIpc) is 2.80. The Morgan fingerprint density at radius 3 is 2.80 bits per heavy atom. The van der Waals surface area contributed by atoms with Crippen molar-refractivity contribution in [2.24, 2.45) is 5.14 Å². The van der Waals surface area contributed by atoms with Crippen LogP contribution in [0.15, 0.2) is 20.0 Å².